The standard InChI is InChI=1S/C13H16F4N2O3.ClH/c1-21-5-4-18-7-12(20)19-10-3-2-9(14)6-11(10)22-8-13(15,16)17;/h2-3,6,18H,4-5,7-8H2,1H3,(H,19,20);1H. The second kappa shape index (κ2) is 10.2. The number of halogens is 5. The summed E-state index contributed by atoms with van der Waals surface area (Å²) in [4.78, 5) is 11.6. The van der Waals surface area contributed by atoms with Crippen LogP contribution in [0.1, 0.15) is 0 Å². The molecule has 1 aromatic carbocycles. The van der Waals surface area contributed by atoms with Crippen molar-refractivity contribution in [1.29, 1.82) is 0 Å². The molecule has 0 aliphatic rings. The molecule has 0 bridgehead atoms. The lowest BCUT2D eigenvalue weighted by Gasteiger charge is -2.14. The molecule has 0 aromatic heterocycles. The summed E-state index contributed by atoms with van der Waals surface area (Å²) in [6.45, 7) is -0.806. The van der Waals surface area contributed by atoms with Gasteiger partial charge in [-0.1, -0.05) is 0 Å². The van der Waals surface area contributed by atoms with Crippen molar-refractivity contribution >= 4 is 24.0 Å². The first-order valence-electron chi connectivity index (χ1n) is 6.30. The molecule has 0 atom stereocenters. The summed E-state index contributed by atoms with van der Waals surface area (Å²) >= 11 is 0. The number of nitrogens with one attached hydrogen (secondary N) is 2. The Morgan fingerprint density at radius 2 is 2.00 bits per heavy atom. The number of anilines is 1. The molecule has 0 fully saturated rings. The van der Waals surface area contributed by atoms with E-state index in [9.17, 15) is 22.4 Å². The minimum absolute atomic E-state index is 0. The van der Waals surface area contributed by atoms with Crippen molar-refractivity contribution in [3.05, 3.63) is 24.0 Å². The maximum absolute atomic E-state index is 13.1. The van der Waals surface area contributed by atoms with Gasteiger partial charge in [-0.25, -0.2) is 4.39 Å². The average Bonchev–Trinajstić information content (AvgIpc) is 2.43. The highest BCUT2D eigenvalue weighted by Gasteiger charge is 2.29. The Morgan fingerprint density at radius 1 is 1.30 bits per heavy atom. The monoisotopic (exact) mass is 360 g/mol. The van der Waals surface area contributed by atoms with E-state index in [4.69, 9.17) is 4.74 Å². The van der Waals surface area contributed by atoms with E-state index >= 15 is 0 Å². The lowest BCUT2D eigenvalue weighted by Crippen LogP contribution is -2.30. The topological polar surface area (TPSA) is 59.6 Å². The van der Waals surface area contributed by atoms with E-state index in [0.29, 0.717) is 13.2 Å². The number of hydrogen-bond donors (Lipinski definition) is 2. The average molecular weight is 361 g/mol. The van der Waals surface area contributed by atoms with E-state index in [0.717, 1.165) is 18.2 Å². The van der Waals surface area contributed by atoms with Crippen LogP contribution in [-0.4, -0.2) is 45.5 Å². The van der Waals surface area contributed by atoms with E-state index in [2.05, 4.69) is 15.4 Å². The van der Waals surface area contributed by atoms with E-state index in [1.54, 1.807) is 0 Å². The van der Waals surface area contributed by atoms with Crippen molar-refractivity contribution in [3.8, 4) is 5.75 Å². The summed E-state index contributed by atoms with van der Waals surface area (Å²) in [5.74, 6) is -1.66. The molecule has 132 valence electrons. The minimum atomic E-state index is -4.56. The fourth-order valence-corrected chi connectivity index (χ4v) is 1.45. The maximum atomic E-state index is 13.1. The summed E-state index contributed by atoms with van der Waals surface area (Å²) < 4.78 is 58.8. The lowest BCUT2D eigenvalue weighted by atomic mass is 10.2. The van der Waals surface area contributed by atoms with Crippen molar-refractivity contribution in [2.75, 3.05) is 38.7 Å². The van der Waals surface area contributed by atoms with Crippen LogP contribution < -0.4 is 15.4 Å². The Morgan fingerprint density at radius 3 is 2.61 bits per heavy atom. The first kappa shape index (κ1) is 21.4. The Hall–Kier alpha value is -1.58. The van der Waals surface area contributed by atoms with Crippen LogP contribution >= 0.6 is 12.4 Å². The Bertz CT molecular complexity index is 501. The number of ether oxygens (including phenoxy) is 2. The third kappa shape index (κ3) is 9.22. The molecule has 0 aliphatic carbocycles. The summed E-state index contributed by atoms with van der Waals surface area (Å²) in [6.07, 6.45) is -4.56. The molecule has 23 heavy (non-hydrogen) atoms. The molecular formula is C13H17ClF4N2O3. The van der Waals surface area contributed by atoms with Gasteiger partial charge in [0.05, 0.1) is 18.8 Å². The molecule has 1 rings (SSSR count). The van der Waals surface area contributed by atoms with Crippen LogP contribution in [0.5, 0.6) is 5.75 Å². The SMILES string of the molecule is COCCNCC(=O)Nc1ccc(F)cc1OCC(F)(F)F.Cl. The molecule has 0 unspecified atom stereocenters. The summed E-state index contributed by atoms with van der Waals surface area (Å²) in [5.41, 5.74) is -0.0378. The van der Waals surface area contributed by atoms with E-state index in [1.807, 2.05) is 0 Å². The van der Waals surface area contributed by atoms with E-state index in [1.165, 1.54) is 7.11 Å². The van der Waals surface area contributed by atoms with Crippen molar-refractivity contribution in [3.63, 3.8) is 0 Å². The van der Waals surface area contributed by atoms with Gasteiger partial charge in [0.1, 0.15) is 11.6 Å². The fourth-order valence-electron chi connectivity index (χ4n) is 1.45. The highest BCUT2D eigenvalue weighted by molar-refractivity contribution is 5.93. The summed E-state index contributed by atoms with van der Waals surface area (Å²) in [5, 5.41) is 5.11. The highest BCUT2D eigenvalue weighted by Crippen LogP contribution is 2.27. The van der Waals surface area contributed by atoms with Gasteiger partial charge in [0, 0.05) is 19.7 Å². The van der Waals surface area contributed by atoms with Crippen LogP contribution in [0.15, 0.2) is 18.2 Å². The molecular weight excluding hydrogens is 344 g/mol. The predicted molar refractivity (Wildman–Crippen MR) is 78.6 cm³/mol. The third-order valence-corrected chi connectivity index (χ3v) is 2.38. The zero-order chi connectivity index (χ0) is 16.6. The molecule has 0 saturated carbocycles. The van der Waals surface area contributed by atoms with Crippen molar-refractivity contribution in [2.45, 2.75) is 6.18 Å². The molecule has 0 heterocycles. The van der Waals surface area contributed by atoms with Gasteiger partial charge >= 0.3 is 6.18 Å². The fraction of sp³-hybridized carbons (Fsp3) is 0.462. The second-order valence-electron chi connectivity index (χ2n) is 4.26. The normalized spacial score (nSPS) is 10.8. The lowest BCUT2D eigenvalue weighted by molar-refractivity contribution is -0.153. The first-order chi connectivity index (χ1) is 10.3. The molecule has 0 aliphatic heterocycles. The van der Waals surface area contributed by atoms with E-state index in [-0.39, 0.29) is 30.4 Å². The second-order valence-corrected chi connectivity index (χ2v) is 4.26. The summed E-state index contributed by atoms with van der Waals surface area (Å²) in [6, 6.07) is 2.92. The first-order valence-corrected chi connectivity index (χ1v) is 6.30. The number of alkyl halides is 3. The molecule has 1 amide bonds. The molecule has 10 heteroatoms. The van der Waals surface area contributed by atoms with Gasteiger partial charge in [0.2, 0.25) is 5.91 Å². The molecule has 0 radical (unpaired) electrons. The van der Waals surface area contributed by atoms with Gasteiger partial charge in [0.25, 0.3) is 0 Å². The zero-order valence-corrected chi connectivity index (χ0v) is 13.0. The Balaban J connectivity index is 0.00000484. The number of hydrogen-bond acceptors (Lipinski definition) is 4. The van der Waals surface area contributed by atoms with Crippen LogP contribution in [0.25, 0.3) is 0 Å². The van der Waals surface area contributed by atoms with Crippen molar-refractivity contribution in [1.82, 2.24) is 5.32 Å². The maximum Gasteiger partial charge on any atom is 0.422 e. The molecule has 0 spiro atoms. The number of carbonyl (C=O) groups excluding carboxylic acids is 1. The zero-order valence-electron chi connectivity index (χ0n) is 12.2. The molecule has 2 N–H and O–H groups in total. The molecule has 5 nitrogen and oxygen atoms in total. The third-order valence-electron chi connectivity index (χ3n) is 2.38. The number of carbonyl (C=O) groups is 1. The van der Waals surface area contributed by atoms with Gasteiger partial charge in [0.15, 0.2) is 6.61 Å². The van der Waals surface area contributed by atoms with Crippen molar-refractivity contribution < 1.29 is 31.8 Å². The Labute approximate surface area is 136 Å². The number of rotatable bonds is 8. The van der Waals surface area contributed by atoms with Gasteiger partial charge < -0.3 is 20.1 Å². The van der Waals surface area contributed by atoms with Crippen LogP contribution in [0, 0.1) is 5.82 Å². The van der Waals surface area contributed by atoms with Gasteiger partial charge in [-0.05, 0) is 12.1 Å². The van der Waals surface area contributed by atoms with Crippen LogP contribution in [0.2, 0.25) is 0 Å². The predicted octanol–water partition coefficient (Wildman–Crippen LogP) is 2.36. The number of benzene rings is 1. The van der Waals surface area contributed by atoms with Gasteiger partial charge in [-0.15, -0.1) is 12.4 Å². The number of amides is 1. The number of methoxy groups -OCH3 is 1. The summed E-state index contributed by atoms with van der Waals surface area (Å²) in [7, 11) is 1.50. The minimum Gasteiger partial charge on any atom is -0.482 e. The quantitative estimate of drug-likeness (QED) is 0.552. The largest absolute Gasteiger partial charge is 0.482 e. The van der Waals surface area contributed by atoms with Crippen LogP contribution in [0.3, 0.4) is 0 Å². The van der Waals surface area contributed by atoms with E-state index < -0.39 is 24.5 Å². The molecule has 0 saturated heterocycles. The van der Waals surface area contributed by atoms with Crippen LogP contribution in [0.4, 0.5) is 23.2 Å². The van der Waals surface area contributed by atoms with Gasteiger partial charge in [-0.2, -0.15) is 13.2 Å². The highest BCUT2D eigenvalue weighted by atomic mass is 35.5. The van der Waals surface area contributed by atoms with Crippen LogP contribution in [-0.2, 0) is 9.53 Å². The molecule has 1 aromatic rings. The van der Waals surface area contributed by atoms with Crippen molar-refractivity contribution in [2.24, 2.45) is 0 Å². The Kier molecular flexibility index (Phi) is 9.54. The van der Waals surface area contributed by atoms with Gasteiger partial charge in [-0.3, -0.25) is 4.79 Å². The smallest absolute Gasteiger partial charge is 0.422 e.